The molecule has 1 saturated heterocycles. The molecule has 4 aromatic rings. The second kappa shape index (κ2) is 10.7. The van der Waals surface area contributed by atoms with E-state index in [0.29, 0.717) is 19.0 Å². The minimum Gasteiger partial charge on any atom is -0.348 e. The molecule has 0 unspecified atom stereocenters. The highest BCUT2D eigenvalue weighted by Gasteiger charge is 2.19. The summed E-state index contributed by atoms with van der Waals surface area (Å²) in [5, 5.41) is 3.86. The van der Waals surface area contributed by atoms with E-state index in [-0.39, 0.29) is 17.0 Å². The molecule has 2 N–H and O–H groups in total. The van der Waals surface area contributed by atoms with Crippen LogP contribution in [0.15, 0.2) is 83.8 Å². The van der Waals surface area contributed by atoms with Crippen LogP contribution in [0.4, 0.5) is 0 Å². The summed E-state index contributed by atoms with van der Waals surface area (Å²) in [6.07, 6.45) is 5.18. The zero-order valence-electron chi connectivity index (χ0n) is 19.7. The Labute approximate surface area is 205 Å². The summed E-state index contributed by atoms with van der Waals surface area (Å²) < 4.78 is 0. The van der Waals surface area contributed by atoms with E-state index in [1.165, 1.54) is 12.0 Å². The first-order valence-corrected chi connectivity index (χ1v) is 12.3. The number of likely N-dealkylation sites (tertiary alicyclic amines) is 1. The molecule has 0 radical (unpaired) electrons. The van der Waals surface area contributed by atoms with Gasteiger partial charge in [0.15, 0.2) is 0 Å². The Morgan fingerprint density at radius 1 is 1.00 bits per heavy atom. The van der Waals surface area contributed by atoms with E-state index in [2.05, 4.69) is 50.5 Å². The predicted molar refractivity (Wildman–Crippen MR) is 138 cm³/mol. The van der Waals surface area contributed by atoms with Crippen LogP contribution in [0.3, 0.4) is 0 Å². The highest BCUT2D eigenvalue weighted by Crippen LogP contribution is 2.28. The van der Waals surface area contributed by atoms with E-state index in [4.69, 9.17) is 0 Å². The van der Waals surface area contributed by atoms with Crippen LogP contribution < -0.4 is 10.9 Å². The second-order valence-electron chi connectivity index (χ2n) is 9.26. The number of amides is 1. The second-order valence-corrected chi connectivity index (χ2v) is 9.26. The molecule has 35 heavy (non-hydrogen) atoms. The van der Waals surface area contributed by atoms with E-state index >= 15 is 0 Å². The minimum atomic E-state index is -0.383. The molecule has 0 spiro atoms. The number of benzene rings is 2. The SMILES string of the molecule is O=C(NCc1cnc2ccccc2c1)c1ccc(CN2CCC[C@@H](c3ccccc3)CC2)[nH]c1=O. The summed E-state index contributed by atoms with van der Waals surface area (Å²) in [4.78, 5) is 35.1. The van der Waals surface area contributed by atoms with Crippen LogP contribution >= 0.6 is 0 Å². The van der Waals surface area contributed by atoms with E-state index < -0.39 is 0 Å². The van der Waals surface area contributed by atoms with Gasteiger partial charge in [0.2, 0.25) is 0 Å². The molecular formula is C29H30N4O2. The fourth-order valence-electron chi connectivity index (χ4n) is 4.89. The number of carbonyl (C=O) groups is 1. The van der Waals surface area contributed by atoms with Crippen molar-refractivity contribution in [1.82, 2.24) is 20.2 Å². The molecule has 1 amide bonds. The summed E-state index contributed by atoms with van der Waals surface area (Å²) in [7, 11) is 0. The smallest absolute Gasteiger partial charge is 0.261 e. The standard InChI is InChI=1S/C29H30N4O2/c34-28(31-19-21-17-24-9-4-5-11-27(24)30-18-21)26-13-12-25(32-29(26)35)20-33-15-6-10-23(14-16-33)22-7-2-1-3-8-22/h1-5,7-9,11-13,17-18,23H,6,10,14-16,19-20H2,(H,31,34)(H,32,35)/t23-/m1/s1. The number of rotatable bonds is 6. The number of hydrogen-bond acceptors (Lipinski definition) is 4. The van der Waals surface area contributed by atoms with Gasteiger partial charge in [-0.2, -0.15) is 0 Å². The maximum atomic E-state index is 12.7. The molecule has 6 heteroatoms. The lowest BCUT2D eigenvalue weighted by Gasteiger charge is -2.20. The van der Waals surface area contributed by atoms with Gasteiger partial charge in [-0.15, -0.1) is 0 Å². The molecule has 0 bridgehead atoms. The number of aromatic amines is 1. The molecule has 1 aliphatic rings. The molecule has 3 heterocycles. The first kappa shape index (κ1) is 23.0. The quantitative estimate of drug-likeness (QED) is 0.435. The van der Waals surface area contributed by atoms with Gasteiger partial charge in [-0.05, 0) is 73.7 Å². The normalized spacial score (nSPS) is 16.6. The van der Waals surface area contributed by atoms with Gasteiger partial charge in [-0.25, -0.2) is 0 Å². The summed E-state index contributed by atoms with van der Waals surface area (Å²) in [5.41, 5.74) is 3.83. The van der Waals surface area contributed by atoms with Crippen LogP contribution in [-0.4, -0.2) is 33.9 Å². The van der Waals surface area contributed by atoms with Crippen molar-refractivity contribution in [2.45, 2.75) is 38.3 Å². The Morgan fingerprint density at radius 2 is 1.83 bits per heavy atom. The highest BCUT2D eigenvalue weighted by atomic mass is 16.2. The lowest BCUT2D eigenvalue weighted by atomic mass is 9.92. The van der Waals surface area contributed by atoms with Gasteiger partial charge in [0, 0.05) is 30.4 Å². The number of fused-ring (bicyclic) bond motifs is 1. The molecule has 178 valence electrons. The number of aromatic nitrogens is 2. The van der Waals surface area contributed by atoms with Crippen molar-refractivity contribution < 1.29 is 4.79 Å². The third-order valence-electron chi connectivity index (χ3n) is 6.80. The molecule has 1 atom stereocenters. The van der Waals surface area contributed by atoms with Gasteiger partial charge >= 0.3 is 0 Å². The first-order chi connectivity index (χ1) is 17.2. The highest BCUT2D eigenvalue weighted by molar-refractivity contribution is 5.93. The topological polar surface area (TPSA) is 78.1 Å². The number of nitrogens with zero attached hydrogens (tertiary/aromatic N) is 2. The Morgan fingerprint density at radius 3 is 2.69 bits per heavy atom. The molecule has 5 rings (SSSR count). The Kier molecular flexibility index (Phi) is 7.00. The lowest BCUT2D eigenvalue weighted by molar-refractivity contribution is 0.0949. The number of pyridine rings is 2. The Hall–Kier alpha value is -3.77. The van der Waals surface area contributed by atoms with Crippen molar-refractivity contribution in [2.75, 3.05) is 13.1 Å². The predicted octanol–water partition coefficient (Wildman–Crippen LogP) is 4.62. The average Bonchev–Trinajstić information content (AvgIpc) is 3.13. The van der Waals surface area contributed by atoms with Crippen molar-refractivity contribution >= 4 is 16.8 Å². The molecule has 2 aromatic heterocycles. The maximum Gasteiger partial charge on any atom is 0.261 e. The molecule has 1 fully saturated rings. The molecular weight excluding hydrogens is 436 g/mol. The summed E-state index contributed by atoms with van der Waals surface area (Å²) in [6.45, 7) is 2.99. The molecule has 1 aliphatic heterocycles. The van der Waals surface area contributed by atoms with E-state index in [1.807, 2.05) is 36.4 Å². The summed E-state index contributed by atoms with van der Waals surface area (Å²) in [5.74, 6) is 0.204. The largest absolute Gasteiger partial charge is 0.348 e. The maximum absolute atomic E-state index is 12.7. The van der Waals surface area contributed by atoms with Crippen molar-refractivity contribution in [2.24, 2.45) is 0 Å². The van der Waals surface area contributed by atoms with Crippen molar-refractivity contribution in [3.05, 3.63) is 112 Å². The van der Waals surface area contributed by atoms with Crippen LogP contribution in [-0.2, 0) is 13.1 Å². The fraction of sp³-hybridized carbons (Fsp3) is 0.276. The van der Waals surface area contributed by atoms with Gasteiger partial charge in [0.25, 0.3) is 11.5 Å². The van der Waals surface area contributed by atoms with E-state index in [0.717, 1.165) is 48.1 Å². The molecule has 6 nitrogen and oxygen atoms in total. The molecule has 0 saturated carbocycles. The number of H-pyrrole nitrogens is 1. The number of hydrogen-bond donors (Lipinski definition) is 2. The monoisotopic (exact) mass is 466 g/mol. The average molecular weight is 467 g/mol. The van der Waals surface area contributed by atoms with Gasteiger partial charge in [0.05, 0.1) is 5.52 Å². The van der Waals surface area contributed by atoms with Gasteiger partial charge < -0.3 is 10.3 Å². The fourth-order valence-corrected chi connectivity index (χ4v) is 4.89. The third-order valence-corrected chi connectivity index (χ3v) is 6.80. The third kappa shape index (κ3) is 5.66. The zero-order chi connectivity index (χ0) is 24.0. The lowest BCUT2D eigenvalue weighted by Crippen LogP contribution is -2.31. The van der Waals surface area contributed by atoms with Crippen molar-refractivity contribution in [3.63, 3.8) is 0 Å². The van der Waals surface area contributed by atoms with Gasteiger partial charge in [0.1, 0.15) is 5.56 Å². The van der Waals surface area contributed by atoms with Crippen LogP contribution in [0.5, 0.6) is 0 Å². The number of nitrogens with one attached hydrogen (secondary N) is 2. The zero-order valence-corrected chi connectivity index (χ0v) is 19.7. The number of carbonyl (C=O) groups excluding carboxylic acids is 1. The summed E-state index contributed by atoms with van der Waals surface area (Å²) >= 11 is 0. The van der Waals surface area contributed by atoms with Gasteiger partial charge in [-0.1, -0.05) is 48.5 Å². The van der Waals surface area contributed by atoms with Crippen LogP contribution in [0.1, 0.15) is 52.4 Å². The van der Waals surface area contributed by atoms with Gasteiger partial charge in [-0.3, -0.25) is 19.5 Å². The molecule has 2 aromatic carbocycles. The van der Waals surface area contributed by atoms with Crippen LogP contribution in [0, 0.1) is 0 Å². The van der Waals surface area contributed by atoms with Crippen molar-refractivity contribution in [1.29, 1.82) is 0 Å². The van der Waals surface area contributed by atoms with Crippen LogP contribution in [0.2, 0.25) is 0 Å². The Bertz CT molecular complexity index is 1370. The number of para-hydroxylation sites is 1. The van der Waals surface area contributed by atoms with E-state index in [9.17, 15) is 9.59 Å². The van der Waals surface area contributed by atoms with Crippen molar-refractivity contribution in [3.8, 4) is 0 Å². The minimum absolute atomic E-state index is 0.127. The van der Waals surface area contributed by atoms with E-state index in [1.54, 1.807) is 12.3 Å². The Balaban J connectivity index is 1.18. The first-order valence-electron chi connectivity index (χ1n) is 12.3. The van der Waals surface area contributed by atoms with Crippen LogP contribution in [0.25, 0.3) is 10.9 Å². The molecule has 0 aliphatic carbocycles. The summed E-state index contributed by atoms with van der Waals surface area (Å²) in [6, 6.07) is 24.1.